The lowest BCUT2D eigenvalue weighted by atomic mass is 9.91. The Morgan fingerprint density at radius 1 is 0.735 bits per heavy atom. The zero-order valence-corrected chi connectivity index (χ0v) is 22.5. The zero-order valence-electron chi connectivity index (χ0n) is 22.5. The summed E-state index contributed by atoms with van der Waals surface area (Å²) in [5.74, 6) is -0.190. The smallest absolute Gasteiger partial charge is 0.160 e. The predicted molar refractivity (Wildman–Crippen MR) is 146 cm³/mol. The highest BCUT2D eigenvalue weighted by Crippen LogP contribution is 2.31. The fourth-order valence-corrected chi connectivity index (χ4v) is 3.93. The van der Waals surface area contributed by atoms with Crippen molar-refractivity contribution in [3.05, 3.63) is 70.4 Å². The third-order valence-corrected chi connectivity index (χ3v) is 6.36. The monoisotopic (exact) mass is 468 g/mol. The average Bonchev–Trinajstić information content (AvgIpc) is 2.74. The second-order valence-electron chi connectivity index (χ2n) is 10.4. The van der Waals surface area contributed by atoms with Crippen LogP contribution in [0.4, 0.5) is 0 Å². The van der Waals surface area contributed by atoms with Gasteiger partial charge in [0.1, 0.15) is 0 Å². The van der Waals surface area contributed by atoms with E-state index in [0.717, 1.165) is 44.9 Å². The van der Waals surface area contributed by atoms with Crippen molar-refractivity contribution >= 4 is 0 Å². The van der Waals surface area contributed by atoms with Crippen LogP contribution in [0.15, 0.2) is 64.8 Å². The van der Waals surface area contributed by atoms with Crippen LogP contribution in [0.2, 0.25) is 0 Å². The molecular weight excluding hydrogens is 420 g/mol. The number of para-hydroxylation sites is 1. The third kappa shape index (κ3) is 13.4. The predicted octanol–water partition coefficient (Wildman–Crippen LogP) is 8.71. The van der Waals surface area contributed by atoms with E-state index in [1.807, 2.05) is 6.92 Å². The van der Waals surface area contributed by atoms with Gasteiger partial charge in [-0.2, -0.15) is 0 Å². The molecule has 1 aromatic rings. The number of phenolic OH excluding ortho intramolecular Hbond substituents is 2. The van der Waals surface area contributed by atoms with Gasteiger partial charge in [0.2, 0.25) is 0 Å². The van der Waals surface area contributed by atoms with Crippen molar-refractivity contribution in [1.82, 2.24) is 0 Å². The zero-order chi connectivity index (χ0) is 25.6. The molecule has 0 fully saturated rings. The Hall–Kier alpha value is -2.26. The summed E-state index contributed by atoms with van der Waals surface area (Å²) in [5, 5.41) is 30.3. The van der Waals surface area contributed by atoms with E-state index in [9.17, 15) is 15.3 Å². The molecule has 0 heterocycles. The first kappa shape index (κ1) is 29.8. The first-order valence-corrected chi connectivity index (χ1v) is 12.8. The summed E-state index contributed by atoms with van der Waals surface area (Å²) >= 11 is 0. The molecule has 1 rings (SSSR count). The summed E-state index contributed by atoms with van der Waals surface area (Å²) in [4.78, 5) is 0. The molecule has 0 radical (unpaired) electrons. The minimum absolute atomic E-state index is 0.0805. The van der Waals surface area contributed by atoms with Gasteiger partial charge in [-0.3, -0.25) is 0 Å². The summed E-state index contributed by atoms with van der Waals surface area (Å²) in [6, 6.07) is 4.97. The molecule has 34 heavy (non-hydrogen) atoms. The molecule has 0 saturated carbocycles. The number of allylic oxidation sites excluding steroid dienone is 8. The van der Waals surface area contributed by atoms with Gasteiger partial charge in [0, 0.05) is 0 Å². The normalized spacial score (nSPS) is 14.7. The molecule has 0 aliphatic rings. The Morgan fingerprint density at radius 2 is 1.24 bits per heavy atom. The number of aromatic hydroxyl groups is 2. The number of hydrogen-bond acceptors (Lipinski definition) is 3. The molecule has 3 heteroatoms. The maximum absolute atomic E-state index is 10.7. The number of rotatable bonds is 15. The second-order valence-corrected chi connectivity index (χ2v) is 10.4. The van der Waals surface area contributed by atoms with E-state index >= 15 is 0 Å². The minimum Gasteiger partial charge on any atom is -0.504 e. The fourth-order valence-electron chi connectivity index (χ4n) is 3.93. The lowest BCUT2D eigenvalue weighted by Gasteiger charge is -2.23. The molecule has 0 aromatic heterocycles. The van der Waals surface area contributed by atoms with Crippen LogP contribution in [0.25, 0.3) is 0 Å². The summed E-state index contributed by atoms with van der Waals surface area (Å²) < 4.78 is 0. The molecule has 1 atom stereocenters. The van der Waals surface area contributed by atoms with Crippen LogP contribution in [0.3, 0.4) is 0 Å². The van der Waals surface area contributed by atoms with Crippen LogP contribution >= 0.6 is 0 Å². The van der Waals surface area contributed by atoms with Crippen LogP contribution in [0, 0.1) is 0 Å². The Labute approximate surface area is 208 Å². The van der Waals surface area contributed by atoms with Gasteiger partial charge in [0.25, 0.3) is 0 Å². The molecular formula is C31H48O3. The van der Waals surface area contributed by atoms with Gasteiger partial charge in [0.15, 0.2) is 11.5 Å². The Bertz CT molecular complexity index is 865. The Kier molecular flexibility index (Phi) is 13.7. The SMILES string of the molecule is CC(C)=CCC/C(C)=C/CC/C(C)=C/CC/C(C)=C/CCC(C)(O)CCc1cccc(O)c1O. The van der Waals surface area contributed by atoms with Crippen molar-refractivity contribution in [3.8, 4) is 11.5 Å². The van der Waals surface area contributed by atoms with Crippen molar-refractivity contribution < 1.29 is 15.3 Å². The van der Waals surface area contributed by atoms with Crippen LogP contribution in [-0.4, -0.2) is 20.9 Å². The third-order valence-electron chi connectivity index (χ3n) is 6.36. The lowest BCUT2D eigenvalue weighted by molar-refractivity contribution is 0.0431. The summed E-state index contributed by atoms with van der Waals surface area (Å²) in [6.45, 7) is 12.8. The highest BCUT2D eigenvalue weighted by molar-refractivity contribution is 5.44. The molecule has 3 nitrogen and oxygen atoms in total. The molecule has 0 bridgehead atoms. The number of aryl methyl sites for hydroxylation is 1. The molecule has 0 amide bonds. The minimum atomic E-state index is -0.803. The molecule has 3 N–H and O–H groups in total. The quantitative estimate of drug-likeness (QED) is 0.178. The van der Waals surface area contributed by atoms with Gasteiger partial charge < -0.3 is 15.3 Å². The topological polar surface area (TPSA) is 60.7 Å². The van der Waals surface area contributed by atoms with E-state index in [1.54, 1.807) is 12.1 Å². The number of phenols is 2. The second kappa shape index (κ2) is 15.6. The van der Waals surface area contributed by atoms with E-state index in [0.29, 0.717) is 24.8 Å². The van der Waals surface area contributed by atoms with Crippen molar-refractivity contribution in [1.29, 1.82) is 0 Å². The molecule has 0 aliphatic heterocycles. The van der Waals surface area contributed by atoms with Crippen molar-refractivity contribution in [2.24, 2.45) is 0 Å². The molecule has 0 aliphatic carbocycles. The van der Waals surface area contributed by atoms with Crippen LogP contribution in [0.5, 0.6) is 11.5 Å². The highest BCUT2D eigenvalue weighted by atomic mass is 16.3. The number of hydrogen-bond donors (Lipinski definition) is 3. The largest absolute Gasteiger partial charge is 0.504 e. The van der Waals surface area contributed by atoms with E-state index < -0.39 is 5.60 Å². The lowest BCUT2D eigenvalue weighted by Crippen LogP contribution is -2.24. The van der Waals surface area contributed by atoms with E-state index in [2.05, 4.69) is 58.9 Å². The maximum Gasteiger partial charge on any atom is 0.160 e. The van der Waals surface area contributed by atoms with E-state index in [4.69, 9.17) is 0 Å². The Balaban J connectivity index is 2.32. The number of benzene rings is 1. The summed E-state index contributed by atoms with van der Waals surface area (Å²) in [5.41, 5.74) is 5.57. The molecule has 1 aromatic carbocycles. The van der Waals surface area contributed by atoms with Gasteiger partial charge in [-0.25, -0.2) is 0 Å². The van der Waals surface area contributed by atoms with Gasteiger partial charge in [0.05, 0.1) is 5.60 Å². The summed E-state index contributed by atoms with van der Waals surface area (Å²) in [6.07, 6.45) is 18.5. The molecule has 0 spiro atoms. The molecule has 190 valence electrons. The van der Waals surface area contributed by atoms with Crippen LogP contribution in [-0.2, 0) is 6.42 Å². The van der Waals surface area contributed by atoms with Crippen molar-refractivity contribution in [2.45, 2.75) is 111 Å². The fraction of sp³-hybridized carbons (Fsp3) is 0.548. The Morgan fingerprint density at radius 3 is 1.76 bits per heavy atom. The van der Waals surface area contributed by atoms with Crippen LogP contribution in [0.1, 0.15) is 105 Å². The molecule has 1 unspecified atom stereocenters. The van der Waals surface area contributed by atoms with E-state index in [-0.39, 0.29) is 11.5 Å². The molecule has 0 saturated heterocycles. The van der Waals surface area contributed by atoms with E-state index in [1.165, 1.54) is 28.4 Å². The van der Waals surface area contributed by atoms with Gasteiger partial charge >= 0.3 is 0 Å². The van der Waals surface area contributed by atoms with Crippen LogP contribution < -0.4 is 0 Å². The standard InChI is InChI=1S/C31H48O3/c1-24(2)12-7-13-25(3)14-8-15-26(4)16-9-17-27(5)18-11-22-31(6,34)23-21-28-19-10-20-29(32)30(28)33/h10,12,14,16,18-20,32-34H,7-9,11,13,15,17,21-23H2,1-6H3/b25-14+,26-16+,27-18+. The van der Waals surface area contributed by atoms with Crippen molar-refractivity contribution in [2.75, 3.05) is 0 Å². The van der Waals surface area contributed by atoms with Crippen molar-refractivity contribution in [3.63, 3.8) is 0 Å². The maximum atomic E-state index is 10.7. The first-order chi connectivity index (χ1) is 16.0. The number of aliphatic hydroxyl groups is 1. The van der Waals surface area contributed by atoms with Gasteiger partial charge in [-0.1, -0.05) is 58.7 Å². The average molecular weight is 469 g/mol. The van der Waals surface area contributed by atoms with Gasteiger partial charge in [-0.05, 0) is 117 Å². The first-order valence-electron chi connectivity index (χ1n) is 12.8. The summed E-state index contributed by atoms with van der Waals surface area (Å²) in [7, 11) is 0. The van der Waals surface area contributed by atoms with Gasteiger partial charge in [-0.15, -0.1) is 0 Å². The highest BCUT2D eigenvalue weighted by Gasteiger charge is 2.20.